The molecule has 0 N–H and O–H groups in total. The minimum absolute atomic E-state index is 0.333. The normalized spacial score (nSPS) is 16.9. The van der Waals surface area contributed by atoms with Crippen LogP contribution in [0.5, 0.6) is 0 Å². The Kier molecular flexibility index (Phi) is 6.10. The first-order chi connectivity index (χ1) is 13.6. The molecule has 1 saturated heterocycles. The molecule has 1 aliphatic rings. The van der Waals surface area contributed by atoms with Crippen LogP contribution in [0.25, 0.3) is 10.9 Å². The molecule has 1 aromatic heterocycles. The van der Waals surface area contributed by atoms with E-state index in [0.717, 1.165) is 38.2 Å². The van der Waals surface area contributed by atoms with Crippen molar-refractivity contribution in [3.05, 3.63) is 75.4 Å². The number of ether oxygens (including phenoxy) is 1. The maximum absolute atomic E-state index is 5.93. The van der Waals surface area contributed by atoms with Gasteiger partial charge in [0.05, 0.1) is 11.6 Å². The van der Waals surface area contributed by atoms with Crippen LogP contribution in [-0.4, -0.2) is 29.1 Å². The number of nitrogens with zero attached hydrogens (tertiary/aromatic N) is 2. The van der Waals surface area contributed by atoms with Crippen LogP contribution in [0.1, 0.15) is 35.1 Å². The molecule has 146 valence electrons. The minimum atomic E-state index is 0.333. The van der Waals surface area contributed by atoms with Gasteiger partial charge in [-0.2, -0.15) is 0 Å². The Balaban J connectivity index is 1.57. The maximum atomic E-state index is 5.93. The number of hydrogen-bond acceptors (Lipinski definition) is 3. The third-order valence-corrected chi connectivity index (χ3v) is 6.13. The number of pyridine rings is 1. The largest absolute Gasteiger partial charge is 0.377 e. The summed E-state index contributed by atoms with van der Waals surface area (Å²) in [4.78, 5) is 7.17. The highest BCUT2D eigenvalue weighted by Gasteiger charge is 2.20. The molecule has 1 atom stereocenters. The fraction of sp³-hybridized carbons (Fsp3) is 0.375. The Morgan fingerprint density at radius 3 is 2.68 bits per heavy atom. The first-order valence-corrected chi connectivity index (χ1v) is 10.8. The fourth-order valence-corrected chi connectivity index (χ4v) is 4.54. The van der Waals surface area contributed by atoms with Crippen LogP contribution in [-0.2, 0) is 17.8 Å². The van der Waals surface area contributed by atoms with Gasteiger partial charge in [0.1, 0.15) is 0 Å². The van der Waals surface area contributed by atoms with E-state index < -0.39 is 0 Å². The van der Waals surface area contributed by atoms with Gasteiger partial charge < -0.3 is 4.74 Å². The van der Waals surface area contributed by atoms with Crippen molar-refractivity contribution < 1.29 is 4.74 Å². The number of hydrogen-bond donors (Lipinski definition) is 0. The smallest absolute Gasteiger partial charge is 0.0703 e. The summed E-state index contributed by atoms with van der Waals surface area (Å²) in [5, 5.41) is 1.21. The van der Waals surface area contributed by atoms with Crippen LogP contribution in [0.15, 0.2) is 53.1 Å². The maximum Gasteiger partial charge on any atom is 0.0703 e. The lowest BCUT2D eigenvalue weighted by Crippen LogP contribution is -2.31. The van der Waals surface area contributed by atoms with Gasteiger partial charge in [0, 0.05) is 42.3 Å². The quantitative estimate of drug-likeness (QED) is 0.486. The Labute approximate surface area is 175 Å². The van der Waals surface area contributed by atoms with Crippen LogP contribution < -0.4 is 0 Å². The number of benzene rings is 2. The zero-order chi connectivity index (χ0) is 19.5. The van der Waals surface area contributed by atoms with E-state index in [1.54, 1.807) is 0 Å². The highest BCUT2D eigenvalue weighted by Crippen LogP contribution is 2.23. The topological polar surface area (TPSA) is 25.4 Å². The molecule has 4 heteroatoms. The van der Waals surface area contributed by atoms with Crippen LogP contribution in [0, 0.1) is 13.8 Å². The molecule has 0 aliphatic carbocycles. The SMILES string of the molecule is Cc1ccc(CN(Cc2cnc3ccc(C)cc3c2)CC2CCCO2)c(Br)c1. The zero-order valence-electron chi connectivity index (χ0n) is 16.6. The molecule has 0 bridgehead atoms. The molecule has 3 aromatic rings. The van der Waals surface area contributed by atoms with Gasteiger partial charge >= 0.3 is 0 Å². The van der Waals surface area contributed by atoms with E-state index in [2.05, 4.69) is 82.1 Å². The molecule has 0 amide bonds. The van der Waals surface area contributed by atoms with Gasteiger partial charge in [0.25, 0.3) is 0 Å². The summed E-state index contributed by atoms with van der Waals surface area (Å²) in [6.07, 6.45) is 4.68. The summed E-state index contributed by atoms with van der Waals surface area (Å²) < 4.78 is 7.10. The molecule has 1 fully saturated rings. The monoisotopic (exact) mass is 438 g/mol. The average molecular weight is 439 g/mol. The predicted molar refractivity (Wildman–Crippen MR) is 118 cm³/mol. The van der Waals surface area contributed by atoms with Crippen molar-refractivity contribution in [2.75, 3.05) is 13.2 Å². The van der Waals surface area contributed by atoms with Crippen molar-refractivity contribution >= 4 is 26.8 Å². The number of fused-ring (bicyclic) bond motifs is 1. The fourth-order valence-electron chi connectivity index (χ4n) is 3.92. The van der Waals surface area contributed by atoms with E-state index in [1.807, 2.05) is 6.20 Å². The van der Waals surface area contributed by atoms with E-state index in [-0.39, 0.29) is 0 Å². The lowest BCUT2D eigenvalue weighted by Gasteiger charge is -2.26. The van der Waals surface area contributed by atoms with E-state index in [4.69, 9.17) is 4.74 Å². The van der Waals surface area contributed by atoms with Gasteiger partial charge in [0.2, 0.25) is 0 Å². The highest BCUT2D eigenvalue weighted by molar-refractivity contribution is 9.10. The van der Waals surface area contributed by atoms with E-state index in [1.165, 1.54) is 38.5 Å². The minimum Gasteiger partial charge on any atom is -0.377 e. The second-order valence-electron chi connectivity index (χ2n) is 7.94. The first-order valence-electron chi connectivity index (χ1n) is 10.0. The second-order valence-corrected chi connectivity index (χ2v) is 8.79. The van der Waals surface area contributed by atoms with E-state index >= 15 is 0 Å². The zero-order valence-corrected chi connectivity index (χ0v) is 18.2. The lowest BCUT2D eigenvalue weighted by atomic mass is 10.1. The number of aromatic nitrogens is 1. The molecule has 2 aromatic carbocycles. The molecular weight excluding hydrogens is 412 g/mol. The first kappa shape index (κ1) is 19.6. The summed E-state index contributed by atoms with van der Waals surface area (Å²) in [6.45, 7) is 7.87. The van der Waals surface area contributed by atoms with Crippen molar-refractivity contribution in [1.29, 1.82) is 0 Å². The molecule has 2 heterocycles. The van der Waals surface area contributed by atoms with Gasteiger partial charge in [-0.05, 0) is 67.6 Å². The van der Waals surface area contributed by atoms with Gasteiger partial charge in [-0.3, -0.25) is 9.88 Å². The van der Waals surface area contributed by atoms with Crippen molar-refractivity contribution in [2.24, 2.45) is 0 Å². The molecule has 0 saturated carbocycles. The lowest BCUT2D eigenvalue weighted by molar-refractivity contribution is 0.0678. The summed E-state index contributed by atoms with van der Waals surface area (Å²) in [6, 6.07) is 15.3. The van der Waals surface area contributed by atoms with Gasteiger partial charge in [-0.15, -0.1) is 0 Å². The molecule has 1 aliphatic heterocycles. The van der Waals surface area contributed by atoms with Crippen LogP contribution >= 0.6 is 15.9 Å². The molecule has 4 rings (SSSR count). The van der Waals surface area contributed by atoms with Crippen molar-refractivity contribution in [3.63, 3.8) is 0 Å². The number of rotatable bonds is 6. The molecule has 0 spiro atoms. The Morgan fingerprint density at radius 1 is 1.07 bits per heavy atom. The third-order valence-electron chi connectivity index (χ3n) is 5.39. The molecule has 1 unspecified atom stereocenters. The van der Waals surface area contributed by atoms with Crippen LogP contribution in [0.2, 0.25) is 0 Å². The Bertz CT molecular complexity index is 966. The highest BCUT2D eigenvalue weighted by atomic mass is 79.9. The average Bonchev–Trinajstić information content (AvgIpc) is 3.16. The van der Waals surface area contributed by atoms with Crippen molar-refractivity contribution in [3.8, 4) is 0 Å². The molecule has 0 radical (unpaired) electrons. The standard InChI is InChI=1S/C24H27BrN2O/c1-17-6-8-24-21(10-17)12-19(13-26-24)14-27(16-22-4-3-9-28-22)15-20-7-5-18(2)11-23(20)25/h5-8,10-13,22H,3-4,9,14-16H2,1-2H3. The Hall–Kier alpha value is -1.75. The number of halogens is 1. The Morgan fingerprint density at radius 2 is 1.89 bits per heavy atom. The summed E-state index contributed by atoms with van der Waals surface area (Å²) in [5.41, 5.74) is 6.16. The summed E-state index contributed by atoms with van der Waals surface area (Å²) >= 11 is 3.74. The van der Waals surface area contributed by atoms with Crippen LogP contribution in [0.4, 0.5) is 0 Å². The number of aryl methyl sites for hydroxylation is 2. The molecular formula is C24H27BrN2O. The molecule has 28 heavy (non-hydrogen) atoms. The van der Waals surface area contributed by atoms with E-state index in [9.17, 15) is 0 Å². The third kappa shape index (κ3) is 4.80. The summed E-state index contributed by atoms with van der Waals surface area (Å²) in [5.74, 6) is 0. The van der Waals surface area contributed by atoms with Crippen molar-refractivity contribution in [1.82, 2.24) is 9.88 Å². The van der Waals surface area contributed by atoms with E-state index in [0.29, 0.717) is 6.10 Å². The van der Waals surface area contributed by atoms with Crippen molar-refractivity contribution in [2.45, 2.75) is 45.9 Å². The van der Waals surface area contributed by atoms with Crippen LogP contribution in [0.3, 0.4) is 0 Å². The van der Waals surface area contributed by atoms with Gasteiger partial charge in [-0.1, -0.05) is 39.7 Å². The predicted octanol–water partition coefficient (Wildman–Crippen LogP) is 5.80. The second kappa shape index (κ2) is 8.73. The summed E-state index contributed by atoms with van der Waals surface area (Å²) in [7, 11) is 0. The molecule has 3 nitrogen and oxygen atoms in total. The van der Waals surface area contributed by atoms with Gasteiger partial charge in [0.15, 0.2) is 0 Å². The van der Waals surface area contributed by atoms with Gasteiger partial charge in [-0.25, -0.2) is 0 Å².